The fourth-order valence-electron chi connectivity index (χ4n) is 3.95. The average molecular weight is 406 g/mol. The van der Waals surface area contributed by atoms with Gasteiger partial charge in [0.05, 0.1) is 23.8 Å². The summed E-state index contributed by atoms with van der Waals surface area (Å²) in [6.45, 7) is 7.65. The molecule has 156 valence electrons. The van der Waals surface area contributed by atoms with Crippen molar-refractivity contribution in [3.8, 4) is 0 Å². The van der Waals surface area contributed by atoms with Crippen molar-refractivity contribution in [2.75, 3.05) is 6.61 Å². The van der Waals surface area contributed by atoms with Gasteiger partial charge in [0.15, 0.2) is 0 Å². The molecule has 29 heavy (non-hydrogen) atoms. The van der Waals surface area contributed by atoms with Crippen molar-refractivity contribution in [2.24, 2.45) is 10.9 Å². The highest BCUT2D eigenvalue weighted by atomic mass is 19.4. The van der Waals surface area contributed by atoms with Crippen LogP contribution in [0.4, 0.5) is 13.2 Å². The van der Waals surface area contributed by atoms with Crippen LogP contribution in [0.1, 0.15) is 44.0 Å². The lowest BCUT2D eigenvalue weighted by Gasteiger charge is -2.28. The minimum absolute atomic E-state index is 0.00595. The number of carbonyl (C=O) groups excluding carboxylic acids is 1. The summed E-state index contributed by atoms with van der Waals surface area (Å²) in [7, 11) is 0. The van der Waals surface area contributed by atoms with Crippen molar-refractivity contribution in [2.45, 2.75) is 52.8 Å². The Bertz CT molecular complexity index is 986. The van der Waals surface area contributed by atoms with Crippen LogP contribution in [-0.2, 0) is 22.1 Å². The molecule has 0 amide bonds. The molecule has 2 heterocycles. The number of hydrogen-bond donors (Lipinski definition) is 1. The first-order chi connectivity index (χ1) is 13.7. The number of nitrogens with zero attached hydrogens (tertiary/aromatic N) is 1. The number of hydrogen-bond acceptors (Lipinski definition) is 3. The Hall–Kier alpha value is -2.57. The number of aliphatic imine (C=N–C) groups is 1. The third kappa shape index (κ3) is 4.23. The van der Waals surface area contributed by atoms with Crippen molar-refractivity contribution in [1.29, 1.82) is 0 Å². The van der Waals surface area contributed by atoms with Crippen molar-refractivity contribution >= 4 is 23.1 Å². The molecule has 1 aliphatic heterocycles. The van der Waals surface area contributed by atoms with E-state index in [4.69, 9.17) is 4.74 Å². The molecule has 0 fully saturated rings. The summed E-state index contributed by atoms with van der Waals surface area (Å²) in [6, 6.07) is 4.22. The Morgan fingerprint density at radius 2 is 1.93 bits per heavy atom. The molecule has 1 aliphatic rings. The number of carbonyl (C=O) groups is 1. The number of rotatable bonds is 5. The number of dihydropyridines is 1. The fraction of sp³-hybridized carbons (Fsp3) is 0.455. The quantitative estimate of drug-likeness (QED) is 0.677. The van der Waals surface area contributed by atoms with Crippen LogP contribution in [0.15, 0.2) is 34.3 Å². The second kappa shape index (κ2) is 8.05. The van der Waals surface area contributed by atoms with Gasteiger partial charge in [0, 0.05) is 28.7 Å². The molecule has 0 bridgehead atoms. The molecule has 2 unspecified atom stereocenters. The molecule has 2 atom stereocenters. The summed E-state index contributed by atoms with van der Waals surface area (Å²) in [4.78, 5) is 19.9. The normalized spacial score (nSPS) is 19.8. The Balaban J connectivity index is 1.96. The van der Waals surface area contributed by atoms with Gasteiger partial charge in [-0.1, -0.05) is 12.5 Å². The number of nitrogens with one attached hydrogen (secondary N) is 1. The first-order valence-corrected chi connectivity index (χ1v) is 9.76. The molecule has 7 heteroatoms. The zero-order valence-electron chi connectivity index (χ0n) is 17.0. The molecule has 0 spiro atoms. The van der Waals surface area contributed by atoms with Crippen LogP contribution in [0.2, 0.25) is 0 Å². The molecular weight excluding hydrogens is 381 g/mol. The lowest BCUT2D eigenvalue weighted by Crippen LogP contribution is -2.29. The van der Waals surface area contributed by atoms with Crippen LogP contribution in [0, 0.1) is 12.8 Å². The van der Waals surface area contributed by atoms with E-state index >= 15 is 0 Å². The van der Waals surface area contributed by atoms with E-state index in [1.165, 1.54) is 6.07 Å². The Morgan fingerprint density at radius 3 is 2.55 bits per heavy atom. The first-order valence-electron chi connectivity index (χ1n) is 9.76. The van der Waals surface area contributed by atoms with Gasteiger partial charge in [-0.15, -0.1) is 0 Å². The van der Waals surface area contributed by atoms with Crippen molar-refractivity contribution in [1.82, 2.24) is 4.98 Å². The third-order valence-corrected chi connectivity index (χ3v) is 5.52. The maximum absolute atomic E-state index is 13.1. The van der Waals surface area contributed by atoms with Crippen LogP contribution in [-0.4, -0.2) is 29.8 Å². The number of aromatic amines is 1. The lowest BCUT2D eigenvalue weighted by atomic mass is 9.82. The van der Waals surface area contributed by atoms with Gasteiger partial charge in [-0.25, -0.2) is 4.79 Å². The van der Waals surface area contributed by atoms with E-state index in [2.05, 4.69) is 9.98 Å². The molecule has 0 radical (unpaired) electrons. The number of aromatic nitrogens is 1. The predicted molar refractivity (Wildman–Crippen MR) is 107 cm³/mol. The largest absolute Gasteiger partial charge is 0.462 e. The van der Waals surface area contributed by atoms with E-state index < -0.39 is 17.7 Å². The molecule has 1 N–H and O–H groups in total. The van der Waals surface area contributed by atoms with Gasteiger partial charge in [0.2, 0.25) is 0 Å². The van der Waals surface area contributed by atoms with Gasteiger partial charge in [0.1, 0.15) is 0 Å². The molecule has 0 saturated heterocycles. The molecule has 1 aromatic carbocycles. The van der Waals surface area contributed by atoms with E-state index in [0.29, 0.717) is 23.1 Å². The highest BCUT2D eigenvalue weighted by Gasteiger charge is 2.32. The third-order valence-electron chi connectivity index (χ3n) is 5.52. The summed E-state index contributed by atoms with van der Waals surface area (Å²) in [5.41, 5.74) is 2.57. The highest BCUT2D eigenvalue weighted by molar-refractivity contribution is 6.10. The number of esters is 1. The molecule has 3 rings (SSSR count). The molecule has 4 nitrogen and oxygen atoms in total. The summed E-state index contributed by atoms with van der Waals surface area (Å²) in [6.07, 6.45) is -1.45. The van der Waals surface area contributed by atoms with Crippen LogP contribution >= 0.6 is 0 Å². The summed E-state index contributed by atoms with van der Waals surface area (Å²) < 4.78 is 44.5. The second-order valence-electron chi connectivity index (χ2n) is 7.43. The van der Waals surface area contributed by atoms with Gasteiger partial charge < -0.3 is 9.72 Å². The highest BCUT2D eigenvalue weighted by Crippen LogP contribution is 2.35. The maximum atomic E-state index is 13.1. The summed E-state index contributed by atoms with van der Waals surface area (Å²) >= 11 is 0. The van der Waals surface area contributed by atoms with E-state index in [9.17, 15) is 18.0 Å². The van der Waals surface area contributed by atoms with Crippen molar-refractivity contribution in [3.63, 3.8) is 0 Å². The predicted octanol–water partition coefficient (Wildman–Crippen LogP) is 5.40. The van der Waals surface area contributed by atoms with E-state index in [0.717, 1.165) is 29.1 Å². The molecule has 0 saturated carbocycles. The molecule has 2 aromatic rings. The van der Waals surface area contributed by atoms with E-state index in [-0.39, 0.29) is 18.6 Å². The monoisotopic (exact) mass is 406 g/mol. The van der Waals surface area contributed by atoms with Gasteiger partial charge >= 0.3 is 12.1 Å². The number of ether oxygens (including phenoxy) is 1. The van der Waals surface area contributed by atoms with Crippen LogP contribution in [0.5, 0.6) is 0 Å². The van der Waals surface area contributed by atoms with Crippen molar-refractivity contribution in [3.05, 3.63) is 46.2 Å². The standard InChI is InChI=1S/C22H25F3N2O2/c1-5-19-17(13(4)18(11-26-19)21(28)29-6-2)10-15-9-16-12(3)7-14(22(23,24)25)8-20(16)27-15/h7-9,11,17,19,27H,5-6,10H2,1-4H3. The number of fused-ring (bicyclic) bond motifs is 1. The van der Waals surface area contributed by atoms with Crippen molar-refractivity contribution < 1.29 is 22.7 Å². The minimum atomic E-state index is -4.39. The Kier molecular flexibility index (Phi) is 5.87. The van der Waals surface area contributed by atoms with Crippen LogP contribution < -0.4 is 0 Å². The molecule has 1 aromatic heterocycles. The molecule has 0 aliphatic carbocycles. The Morgan fingerprint density at radius 1 is 1.21 bits per heavy atom. The molecular formula is C22H25F3N2O2. The number of aryl methyl sites for hydroxylation is 1. The minimum Gasteiger partial charge on any atom is -0.462 e. The SMILES string of the molecule is CCOC(=O)C1=C(C)C(Cc2cc3c(C)cc(C(F)(F)F)cc3[nH]2)C(CC)N=C1. The number of H-pyrrole nitrogens is 1. The zero-order chi connectivity index (χ0) is 21.3. The van der Waals surface area contributed by atoms with E-state index in [1.54, 1.807) is 20.1 Å². The Labute approximate surface area is 167 Å². The van der Waals surface area contributed by atoms with Gasteiger partial charge in [-0.2, -0.15) is 13.2 Å². The maximum Gasteiger partial charge on any atom is 0.416 e. The topological polar surface area (TPSA) is 54.5 Å². The summed E-state index contributed by atoms with van der Waals surface area (Å²) in [5.74, 6) is -0.421. The lowest BCUT2D eigenvalue weighted by molar-refractivity contribution is -0.138. The second-order valence-corrected chi connectivity index (χ2v) is 7.43. The number of alkyl halides is 3. The van der Waals surface area contributed by atoms with Gasteiger partial charge in [0.25, 0.3) is 0 Å². The van der Waals surface area contributed by atoms with Crippen LogP contribution in [0.3, 0.4) is 0 Å². The summed E-state index contributed by atoms with van der Waals surface area (Å²) in [5, 5.41) is 0.771. The van der Waals surface area contributed by atoms with Gasteiger partial charge in [-0.05, 0) is 57.4 Å². The fourth-order valence-corrected chi connectivity index (χ4v) is 3.95. The van der Waals surface area contributed by atoms with Crippen LogP contribution in [0.25, 0.3) is 10.9 Å². The van der Waals surface area contributed by atoms with E-state index in [1.807, 2.05) is 19.9 Å². The first kappa shape index (κ1) is 21.1. The average Bonchev–Trinajstić information content (AvgIpc) is 3.06. The zero-order valence-corrected chi connectivity index (χ0v) is 17.0. The van der Waals surface area contributed by atoms with Gasteiger partial charge in [-0.3, -0.25) is 4.99 Å². The number of benzene rings is 1. The number of halogens is 3. The smallest absolute Gasteiger partial charge is 0.416 e.